The number of benzene rings is 1. The van der Waals surface area contributed by atoms with Gasteiger partial charge in [-0.1, -0.05) is 45.1 Å². The average molecular weight is 398 g/mol. The molecule has 2 saturated carbocycles. The van der Waals surface area contributed by atoms with Gasteiger partial charge in [0.25, 0.3) is 0 Å². The van der Waals surface area contributed by atoms with E-state index in [-0.39, 0.29) is 17.3 Å². The predicted octanol–water partition coefficient (Wildman–Crippen LogP) is 4.88. The lowest BCUT2D eigenvalue weighted by molar-refractivity contribution is 0.241. The Hall–Kier alpha value is -1.14. The van der Waals surface area contributed by atoms with Gasteiger partial charge in [-0.2, -0.15) is 0 Å². The Morgan fingerprint density at radius 2 is 1.93 bits per heavy atom. The Balaban J connectivity index is 1.63. The molecule has 0 spiro atoms. The van der Waals surface area contributed by atoms with Gasteiger partial charge < -0.3 is 4.74 Å². The van der Waals surface area contributed by atoms with Crippen molar-refractivity contribution in [3.05, 3.63) is 29.6 Å². The quantitative estimate of drug-likeness (QED) is 0.541. The first-order valence-electron chi connectivity index (χ1n) is 10.4. The standard InChI is InChI=1S/C21H32FNO3S/c1-2-3-4-7-14-27(24,25)23-21(12-13-21)18-10-11-19(22)20(15-18)26-16-17-8-5-6-9-17/h10-11,15,17,23H,2-9,12-14,16H2,1H3. The summed E-state index contributed by atoms with van der Waals surface area (Å²) < 4.78 is 47.7. The van der Waals surface area contributed by atoms with E-state index in [1.54, 1.807) is 12.1 Å². The summed E-state index contributed by atoms with van der Waals surface area (Å²) in [5.74, 6) is 0.522. The van der Waals surface area contributed by atoms with E-state index in [2.05, 4.69) is 11.6 Å². The van der Waals surface area contributed by atoms with E-state index in [0.29, 0.717) is 18.9 Å². The predicted molar refractivity (Wildman–Crippen MR) is 106 cm³/mol. The fraction of sp³-hybridized carbons (Fsp3) is 0.714. The second-order valence-corrected chi connectivity index (χ2v) is 10.0. The third kappa shape index (κ3) is 5.67. The van der Waals surface area contributed by atoms with Crippen molar-refractivity contribution in [3.8, 4) is 5.75 Å². The van der Waals surface area contributed by atoms with Gasteiger partial charge in [-0.25, -0.2) is 17.5 Å². The summed E-state index contributed by atoms with van der Waals surface area (Å²) in [5, 5.41) is 0. The van der Waals surface area contributed by atoms with Gasteiger partial charge in [0.05, 0.1) is 17.9 Å². The zero-order valence-corrected chi connectivity index (χ0v) is 17.1. The molecule has 1 aromatic rings. The minimum absolute atomic E-state index is 0.154. The van der Waals surface area contributed by atoms with Crippen LogP contribution >= 0.6 is 0 Å². The van der Waals surface area contributed by atoms with Crippen molar-refractivity contribution in [2.45, 2.75) is 76.7 Å². The normalized spacial score (nSPS) is 19.3. The van der Waals surface area contributed by atoms with Crippen LogP contribution in [0.15, 0.2) is 18.2 Å². The number of unbranched alkanes of at least 4 members (excludes halogenated alkanes) is 3. The lowest BCUT2D eigenvalue weighted by Gasteiger charge is -2.20. The number of nitrogens with one attached hydrogen (secondary N) is 1. The third-order valence-electron chi connectivity index (χ3n) is 5.80. The summed E-state index contributed by atoms with van der Waals surface area (Å²) in [4.78, 5) is 0. The molecule has 0 amide bonds. The van der Waals surface area contributed by atoms with Crippen LogP contribution in [0.5, 0.6) is 5.75 Å². The van der Waals surface area contributed by atoms with Gasteiger partial charge in [-0.15, -0.1) is 0 Å². The Labute approximate surface area is 162 Å². The number of halogens is 1. The van der Waals surface area contributed by atoms with Crippen molar-refractivity contribution in [2.75, 3.05) is 12.4 Å². The minimum atomic E-state index is -3.34. The molecule has 0 saturated heterocycles. The van der Waals surface area contributed by atoms with E-state index < -0.39 is 15.6 Å². The molecule has 3 rings (SSSR count). The maximum atomic E-state index is 14.2. The first-order chi connectivity index (χ1) is 12.9. The zero-order valence-electron chi connectivity index (χ0n) is 16.3. The highest BCUT2D eigenvalue weighted by molar-refractivity contribution is 7.89. The van der Waals surface area contributed by atoms with Gasteiger partial charge >= 0.3 is 0 Å². The highest BCUT2D eigenvalue weighted by atomic mass is 32.2. The van der Waals surface area contributed by atoms with E-state index >= 15 is 0 Å². The van der Waals surface area contributed by atoms with Gasteiger partial charge in [0.2, 0.25) is 10.0 Å². The molecule has 27 heavy (non-hydrogen) atoms. The van der Waals surface area contributed by atoms with Crippen LogP contribution in [0.2, 0.25) is 0 Å². The van der Waals surface area contributed by atoms with Crippen molar-refractivity contribution in [1.82, 2.24) is 4.72 Å². The maximum Gasteiger partial charge on any atom is 0.212 e. The average Bonchev–Trinajstić information content (AvgIpc) is 3.20. The van der Waals surface area contributed by atoms with Crippen molar-refractivity contribution in [3.63, 3.8) is 0 Å². The van der Waals surface area contributed by atoms with E-state index in [1.165, 1.54) is 18.9 Å². The molecule has 2 fully saturated rings. The monoisotopic (exact) mass is 397 g/mol. The lowest BCUT2D eigenvalue weighted by Crippen LogP contribution is -2.36. The molecule has 6 heteroatoms. The Morgan fingerprint density at radius 3 is 2.59 bits per heavy atom. The summed E-state index contributed by atoms with van der Waals surface area (Å²) in [6.45, 7) is 2.64. The molecule has 0 bridgehead atoms. The minimum Gasteiger partial charge on any atom is -0.490 e. The Kier molecular flexibility index (Phi) is 6.79. The van der Waals surface area contributed by atoms with E-state index in [9.17, 15) is 12.8 Å². The first-order valence-corrected chi connectivity index (χ1v) is 12.0. The van der Waals surface area contributed by atoms with Crippen molar-refractivity contribution in [1.29, 1.82) is 0 Å². The molecule has 4 nitrogen and oxygen atoms in total. The van der Waals surface area contributed by atoms with E-state index in [4.69, 9.17) is 4.74 Å². The first kappa shape index (κ1) is 20.6. The molecule has 2 aliphatic rings. The Bertz CT molecular complexity index is 725. The number of rotatable bonds is 11. The smallest absolute Gasteiger partial charge is 0.212 e. The molecular formula is C21H32FNO3S. The van der Waals surface area contributed by atoms with Crippen molar-refractivity contribution < 1.29 is 17.5 Å². The molecular weight excluding hydrogens is 365 g/mol. The van der Waals surface area contributed by atoms with Gasteiger partial charge in [0.1, 0.15) is 0 Å². The van der Waals surface area contributed by atoms with Gasteiger partial charge in [0.15, 0.2) is 11.6 Å². The topological polar surface area (TPSA) is 55.4 Å². The fourth-order valence-corrected chi connectivity index (χ4v) is 5.54. The zero-order chi connectivity index (χ0) is 19.3. The summed E-state index contributed by atoms with van der Waals surface area (Å²) >= 11 is 0. The summed E-state index contributed by atoms with van der Waals surface area (Å²) in [6.07, 6.45) is 9.96. The van der Waals surface area contributed by atoms with Gasteiger partial charge in [0, 0.05) is 0 Å². The van der Waals surface area contributed by atoms with E-state index in [0.717, 1.165) is 50.5 Å². The van der Waals surface area contributed by atoms with Crippen LogP contribution in [0.1, 0.15) is 76.7 Å². The van der Waals surface area contributed by atoms with Crippen LogP contribution in [-0.2, 0) is 15.6 Å². The van der Waals surface area contributed by atoms with Crippen LogP contribution in [-0.4, -0.2) is 20.8 Å². The van der Waals surface area contributed by atoms with Crippen LogP contribution in [0.25, 0.3) is 0 Å². The molecule has 0 radical (unpaired) electrons. The van der Waals surface area contributed by atoms with Crippen LogP contribution < -0.4 is 9.46 Å². The molecule has 0 unspecified atom stereocenters. The summed E-state index contributed by atoms with van der Waals surface area (Å²) in [5.41, 5.74) is 0.227. The molecule has 152 valence electrons. The lowest BCUT2D eigenvalue weighted by atomic mass is 10.1. The highest BCUT2D eigenvalue weighted by Crippen LogP contribution is 2.47. The molecule has 0 aliphatic heterocycles. The number of hydrogen-bond acceptors (Lipinski definition) is 3. The maximum absolute atomic E-state index is 14.2. The summed E-state index contributed by atoms with van der Waals surface area (Å²) in [6, 6.07) is 4.77. The van der Waals surface area contributed by atoms with Crippen LogP contribution in [0.3, 0.4) is 0 Å². The number of hydrogen-bond donors (Lipinski definition) is 1. The second kappa shape index (κ2) is 8.91. The van der Waals surface area contributed by atoms with Crippen molar-refractivity contribution >= 4 is 10.0 Å². The second-order valence-electron chi connectivity index (χ2n) is 8.17. The molecule has 0 atom stereocenters. The summed E-state index contributed by atoms with van der Waals surface area (Å²) in [7, 11) is -3.34. The molecule has 0 heterocycles. The molecule has 0 aromatic heterocycles. The van der Waals surface area contributed by atoms with Gasteiger partial charge in [-0.05, 0) is 55.7 Å². The largest absolute Gasteiger partial charge is 0.490 e. The van der Waals surface area contributed by atoms with Crippen molar-refractivity contribution in [2.24, 2.45) is 5.92 Å². The van der Waals surface area contributed by atoms with Crippen LogP contribution in [0, 0.1) is 11.7 Å². The SMILES string of the molecule is CCCCCCS(=O)(=O)NC1(c2ccc(F)c(OCC3CCCC3)c2)CC1. The van der Waals surface area contributed by atoms with Crippen LogP contribution in [0.4, 0.5) is 4.39 Å². The third-order valence-corrected chi connectivity index (χ3v) is 7.33. The number of ether oxygens (including phenoxy) is 1. The molecule has 2 aliphatic carbocycles. The molecule has 1 N–H and O–H groups in total. The van der Waals surface area contributed by atoms with Gasteiger partial charge in [-0.3, -0.25) is 0 Å². The highest BCUT2D eigenvalue weighted by Gasteiger charge is 2.47. The van der Waals surface area contributed by atoms with E-state index in [1.807, 2.05) is 0 Å². The fourth-order valence-electron chi connectivity index (χ4n) is 3.94. The molecule has 1 aromatic carbocycles. The number of sulfonamides is 1. The Morgan fingerprint density at radius 1 is 1.19 bits per heavy atom.